The van der Waals surface area contributed by atoms with Crippen molar-refractivity contribution in [3.63, 3.8) is 0 Å². The molecule has 4 rings (SSSR count). The van der Waals surface area contributed by atoms with Gasteiger partial charge in [0, 0.05) is 27.9 Å². The predicted molar refractivity (Wildman–Crippen MR) is 95.7 cm³/mol. The molecule has 1 amide bonds. The smallest absolute Gasteiger partial charge is 0.336 e. The zero-order chi connectivity index (χ0) is 18.4. The first-order chi connectivity index (χ1) is 12.5. The maximum Gasteiger partial charge on any atom is 0.336 e. The molecule has 2 aromatic carbocycles. The molecule has 0 saturated heterocycles. The van der Waals surface area contributed by atoms with Crippen LogP contribution in [0, 0.1) is 5.82 Å². The van der Waals surface area contributed by atoms with Gasteiger partial charge < -0.3 is 4.74 Å². The Labute approximate surface area is 158 Å². The molecule has 7 heteroatoms. The Morgan fingerprint density at radius 3 is 2.62 bits per heavy atom. The summed E-state index contributed by atoms with van der Waals surface area (Å²) in [5.74, 6) is -2.19. The van der Waals surface area contributed by atoms with Gasteiger partial charge in [0.1, 0.15) is 12.4 Å². The number of halogens is 3. The minimum Gasteiger partial charge on any atom is -0.456 e. The SMILES string of the molecule is O=C1OCC2=C1C(c1c(F)cccc1Cl)CC(=O)N2c1cccc(Cl)c1. The summed E-state index contributed by atoms with van der Waals surface area (Å²) in [6.07, 6.45) is -0.0961. The third kappa shape index (κ3) is 2.68. The summed E-state index contributed by atoms with van der Waals surface area (Å²) in [4.78, 5) is 26.6. The third-order valence-electron chi connectivity index (χ3n) is 4.53. The van der Waals surface area contributed by atoms with Gasteiger partial charge in [-0.2, -0.15) is 0 Å². The summed E-state index contributed by atoms with van der Waals surface area (Å²) in [5, 5.41) is 0.632. The van der Waals surface area contributed by atoms with Gasteiger partial charge in [-0.1, -0.05) is 35.3 Å². The van der Waals surface area contributed by atoms with E-state index in [0.717, 1.165) is 0 Å². The summed E-state index contributed by atoms with van der Waals surface area (Å²) < 4.78 is 19.6. The van der Waals surface area contributed by atoms with Crippen LogP contribution in [0.5, 0.6) is 0 Å². The summed E-state index contributed by atoms with van der Waals surface area (Å²) >= 11 is 12.2. The van der Waals surface area contributed by atoms with E-state index >= 15 is 0 Å². The lowest BCUT2D eigenvalue weighted by Gasteiger charge is -2.32. The van der Waals surface area contributed by atoms with Crippen LogP contribution in [0.4, 0.5) is 10.1 Å². The first-order valence-corrected chi connectivity index (χ1v) is 8.65. The van der Waals surface area contributed by atoms with Crippen LogP contribution in [0.15, 0.2) is 53.7 Å². The number of carbonyl (C=O) groups is 2. The van der Waals surface area contributed by atoms with E-state index in [2.05, 4.69) is 0 Å². The van der Waals surface area contributed by atoms with Crippen molar-refractivity contribution in [1.29, 1.82) is 0 Å². The highest BCUT2D eigenvalue weighted by Gasteiger charge is 2.44. The monoisotopic (exact) mass is 391 g/mol. The zero-order valence-electron chi connectivity index (χ0n) is 13.3. The van der Waals surface area contributed by atoms with Crippen molar-refractivity contribution in [3.8, 4) is 0 Å². The van der Waals surface area contributed by atoms with Gasteiger partial charge in [0.25, 0.3) is 0 Å². The number of anilines is 1. The first-order valence-electron chi connectivity index (χ1n) is 7.90. The van der Waals surface area contributed by atoms with Gasteiger partial charge in [-0.3, -0.25) is 9.69 Å². The summed E-state index contributed by atoms with van der Waals surface area (Å²) in [7, 11) is 0. The Bertz CT molecular complexity index is 953. The molecular formula is C19H12Cl2FNO3. The topological polar surface area (TPSA) is 46.6 Å². The second-order valence-electron chi connectivity index (χ2n) is 6.04. The van der Waals surface area contributed by atoms with Crippen molar-refractivity contribution < 1.29 is 18.7 Å². The van der Waals surface area contributed by atoms with E-state index in [1.165, 1.54) is 23.1 Å². The number of hydrogen-bond donors (Lipinski definition) is 0. The molecule has 2 aliphatic rings. The van der Waals surface area contributed by atoms with Crippen molar-refractivity contribution in [2.45, 2.75) is 12.3 Å². The average molecular weight is 392 g/mol. The molecule has 0 aliphatic carbocycles. The molecule has 0 spiro atoms. The normalized spacial score (nSPS) is 19.7. The molecule has 2 aromatic rings. The highest BCUT2D eigenvalue weighted by atomic mass is 35.5. The number of amides is 1. The van der Waals surface area contributed by atoms with E-state index in [0.29, 0.717) is 16.4 Å². The van der Waals surface area contributed by atoms with Gasteiger partial charge in [0.05, 0.1) is 17.0 Å². The zero-order valence-corrected chi connectivity index (χ0v) is 14.9. The molecular weight excluding hydrogens is 380 g/mol. The predicted octanol–water partition coefficient (Wildman–Crippen LogP) is 4.46. The Balaban J connectivity index is 1.89. The quantitative estimate of drug-likeness (QED) is 0.709. The van der Waals surface area contributed by atoms with Crippen LogP contribution in [0.25, 0.3) is 0 Å². The first kappa shape index (κ1) is 17.1. The highest BCUT2D eigenvalue weighted by Crippen LogP contribution is 2.44. The molecule has 0 bridgehead atoms. The molecule has 1 unspecified atom stereocenters. The van der Waals surface area contributed by atoms with Gasteiger partial charge in [-0.15, -0.1) is 0 Å². The van der Waals surface area contributed by atoms with Gasteiger partial charge in [-0.05, 0) is 30.3 Å². The highest BCUT2D eigenvalue weighted by molar-refractivity contribution is 6.31. The van der Waals surface area contributed by atoms with Crippen molar-refractivity contribution >= 4 is 40.8 Å². The van der Waals surface area contributed by atoms with E-state index < -0.39 is 17.7 Å². The van der Waals surface area contributed by atoms with E-state index in [1.54, 1.807) is 24.3 Å². The molecule has 1 atom stereocenters. The fraction of sp³-hybridized carbons (Fsp3) is 0.158. The number of nitrogens with zero attached hydrogens (tertiary/aromatic N) is 1. The Hall–Kier alpha value is -2.37. The van der Waals surface area contributed by atoms with Crippen LogP contribution in [0.3, 0.4) is 0 Å². The van der Waals surface area contributed by atoms with Crippen LogP contribution in [0.1, 0.15) is 17.9 Å². The lowest BCUT2D eigenvalue weighted by atomic mass is 9.83. The number of benzene rings is 2. The standard InChI is InChI=1S/C19H12Cl2FNO3/c20-10-3-1-4-11(7-10)23-15-9-26-19(25)18(15)12(8-16(23)24)17-13(21)5-2-6-14(17)22/h1-7,12H,8-9H2. The lowest BCUT2D eigenvalue weighted by Crippen LogP contribution is -2.37. The molecule has 0 N–H and O–H groups in total. The number of hydrogen-bond acceptors (Lipinski definition) is 3. The molecule has 0 saturated carbocycles. The second-order valence-corrected chi connectivity index (χ2v) is 6.88. The van der Waals surface area contributed by atoms with Gasteiger partial charge in [0.2, 0.25) is 5.91 Å². The third-order valence-corrected chi connectivity index (χ3v) is 5.10. The Morgan fingerprint density at radius 2 is 1.88 bits per heavy atom. The molecule has 132 valence electrons. The van der Waals surface area contributed by atoms with Crippen molar-refractivity contribution in [3.05, 3.63) is 75.2 Å². The number of cyclic esters (lactones) is 1. The number of carbonyl (C=O) groups excluding carboxylic acids is 2. The van der Waals surface area contributed by atoms with E-state index in [1.807, 2.05) is 0 Å². The largest absolute Gasteiger partial charge is 0.456 e. The molecule has 0 aromatic heterocycles. The molecule has 2 heterocycles. The van der Waals surface area contributed by atoms with Crippen LogP contribution in [0.2, 0.25) is 10.0 Å². The number of ether oxygens (including phenoxy) is 1. The average Bonchev–Trinajstić information content (AvgIpc) is 2.96. The lowest BCUT2D eigenvalue weighted by molar-refractivity contribution is -0.136. The van der Waals surface area contributed by atoms with E-state index in [-0.39, 0.29) is 35.1 Å². The van der Waals surface area contributed by atoms with Crippen molar-refractivity contribution in [2.24, 2.45) is 0 Å². The molecule has 2 aliphatic heterocycles. The molecule has 4 nitrogen and oxygen atoms in total. The number of esters is 1. The van der Waals surface area contributed by atoms with Crippen LogP contribution < -0.4 is 4.90 Å². The van der Waals surface area contributed by atoms with Crippen LogP contribution >= 0.6 is 23.2 Å². The second kappa shape index (κ2) is 6.41. The molecule has 0 radical (unpaired) electrons. The Morgan fingerprint density at radius 1 is 1.12 bits per heavy atom. The summed E-state index contributed by atoms with van der Waals surface area (Å²) in [5.41, 5.74) is 1.33. The van der Waals surface area contributed by atoms with Gasteiger partial charge in [0.15, 0.2) is 0 Å². The maximum absolute atomic E-state index is 14.4. The number of rotatable bonds is 2. The van der Waals surface area contributed by atoms with E-state index in [9.17, 15) is 14.0 Å². The van der Waals surface area contributed by atoms with E-state index in [4.69, 9.17) is 27.9 Å². The van der Waals surface area contributed by atoms with Crippen molar-refractivity contribution in [1.82, 2.24) is 0 Å². The minimum atomic E-state index is -0.781. The molecule has 26 heavy (non-hydrogen) atoms. The fourth-order valence-electron chi connectivity index (χ4n) is 3.46. The fourth-order valence-corrected chi connectivity index (χ4v) is 3.94. The summed E-state index contributed by atoms with van der Waals surface area (Å²) in [6, 6.07) is 11.0. The summed E-state index contributed by atoms with van der Waals surface area (Å²) in [6.45, 7) is -0.0605. The van der Waals surface area contributed by atoms with Gasteiger partial charge in [-0.25, -0.2) is 9.18 Å². The van der Waals surface area contributed by atoms with Crippen LogP contribution in [-0.2, 0) is 14.3 Å². The van der Waals surface area contributed by atoms with Crippen molar-refractivity contribution in [2.75, 3.05) is 11.5 Å². The minimum absolute atomic E-state index is 0.0605. The maximum atomic E-state index is 14.4. The Kier molecular flexibility index (Phi) is 4.21. The van der Waals surface area contributed by atoms with Gasteiger partial charge >= 0.3 is 5.97 Å². The molecule has 0 fully saturated rings. The van der Waals surface area contributed by atoms with Crippen LogP contribution in [-0.4, -0.2) is 18.5 Å².